The van der Waals surface area contributed by atoms with Crippen LogP contribution >= 0.6 is 11.6 Å². The minimum Gasteiger partial charge on any atom is -0.505 e. The summed E-state index contributed by atoms with van der Waals surface area (Å²) < 4.78 is 128. The zero-order valence-electron chi connectivity index (χ0n) is 26.8. The first kappa shape index (κ1) is 40.7. The predicted molar refractivity (Wildman–Crippen MR) is 190 cm³/mol. The number of carbonyl (C=O) groups is 1. The van der Waals surface area contributed by atoms with Crippen LogP contribution in [0.15, 0.2) is 91.6 Å². The van der Waals surface area contributed by atoms with Crippen molar-refractivity contribution in [3.63, 3.8) is 0 Å². The lowest BCUT2D eigenvalue weighted by Gasteiger charge is -2.15. The number of aromatic carboxylic acids is 1. The zero-order valence-corrected chi connectivity index (χ0v) is 30.9. The second kappa shape index (κ2) is 15.4. The quantitative estimate of drug-likeness (QED) is 0.0611. The summed E-state index contributed by atoms with van der Waals surface area (Å²) in [4.78, 5) is 21.0. The van der Waals surface area contributed by atoms with Crippen molar-refractivity contribution in [2.45, 2.75) is 14.7 Å². The highest BCUT2D eigenvalue weighted by atomic mass is 35.5. The number of carboxylic acids is 1. The number of aromatic nitrogens is 3. The summed E-state index contributed by atoms with van der Waals surface area (Å²) in [6.07, 6.45) is 0. The Labute approximate surface area is 314 Å². The molecule has 0 bridgehead atoms. The van der Waals surface area contributed by atoms with Gasteiger partial charge in [0.15, 0.2) is 15.6 Å². The van der Waals surface area contributed by atoms with Gasteiger partial charge in [-0.15, -0.1) is 5.11 Å². The Morgan fingerprint density at radius 1 is 0.764 bits per heavy atom. The van der Waals surface area contributed by atoms with Gasteiger partial charge in [-0.25, -0.2) is 17.4 Å². The van der Waals surface area contributed by atoms with E-state index >= 15 is 0 Å². The van der Waals surface area contributed by atoms with E-state index in [0.29, 0.717) is 0 Å². The van der Waals surface area contributed by atoms with Crippen molar-refractivity contribution in [1.29, 1.82) is 0 Å². The van der Waals surface area contributed by atoms with Gasteiger partial charge in [-0.1, -0.05) is 0 Å². The van der Waals surface area contributed by atoms with Gasteiger partial charge in [0.2, 0.25) is 17.2 Å². The van der Waals surface area contributed by atoms with Crippen molar-refractivity contribution >= 4 is 103 Å². The van der Waals surface area contributed by atoms with Crippen LogP contribution < -0.4 is 10.6 Å². The Kier molecular flexibility index (Phi) is 11.4. The van der Waals surface area contributed by atoms with E-state index in [1.54, 1.807) is 0 Å². The number of halogens is 1. The molecule has 0 spiro atoms. The first-order chi connectivity index (χ1) is 25.5. The summed E-state index contributed by atoms with van der Waals surface area (Å²) >= 11 is 6.09. The fraction of sp³-hybridized carbons (Fsp3) is 0.0714. The van der Waals surface area contributed by atoms with Crippen LogP contribution in [0.5, 0.6) is 5.75 Å². The van der Waals surface area contributed by atoms with Gasteiger partial charge in [-0.05, 0) is 83.7 Å². The molecule has 0 atom stereocenters. The van der Waals surface area contributed by atoms with Gasteiger partial charge in [-0.2, -0.15) is 45.3 Å². The molecule has 27 heteroatoms. The molecule has 0 saturated heterocycles. The van der Waals surface area contributed by atoms with Gasteiger partial charge in [0.1, 0.15) is 10.6 Å². The van der Waals surface area contributed by atoms with Crippen molar-refractivity contribution < 1.29 is 66.5 Å². The number of phenolic OH excluding ortho intramolecular Hbond substituents is 1. The average Bonchev–Trinajstić information content (AvgIpc) is 3.06. The number of aromatic hydroxyl groups is 1. The molecule has 55 heavy (non-hydrogen) atoms. The zero-order chi connectivity index (χ0) is 40.5. The van der Waals surface area contributed by atoms with E-state index in [0.717, 1.165) is 42.5 Å². The molecule has 0 saturated carbocycles. The Balaban J connectivity index is 1.54. The highest BCUT2D eigenvalue weighted by molar-refractivity contribution is 7.91. The summed E-state index contributed by atoms with van der Waals surface area (Å²) in [6, 6.07) is 11.9. The first-order valence-corrected chi connectivity index (χ1v) is 20.7. The fourth-order valence-corrected chi connectivity index (χ4v) is 7.45. The monoisotopic (exact) mass is 859 g/mol. The predicted octanol–water partition coefficient (Wildman–Crippen LogP) is 4.07. The molecular formula is C28H22ClN7O15S4. The van der Waals surface area contributed by atoms with E-state index in [1.165, 1.54) is 24.3 Å². The molecule has 0 aliphatic carbocycles. The van der Waals surface area contributed by atoms with E-state index in [1.807, 2.05) is 0 Å². The Morgan fingerprint density at radius 2 is 1.38 bits per heavy atom. The van der Waals surface area contributed by atoms with Crippen LogP contribution in [-0.4, -0.2) is 90.8 Å². The molecular weight excluding hydrogens is 838 g/mol. The minimum absolute atomic E-state index is 0.00717. The van der Waals surface area contributed by atoms with Crippen LogP contribution in [-0.2, 0) is 44.7 Å². The summed E-state index contributed by atoms with van der Waals surface area (Å²) in [5, 5.41) is 32.1. The normalized spacial score (nSPS) is 12.6. The molecule has 1 heterocycles. The van der Waals surface area contributed by atoms with E-state index in [9.17, 15) is 52.7 Å². The molecule has 22 nitrogen and oxygen atoms in total. The van der Waals surface area contributed by atoms with Crippen molar-refractivity contribution in [3.8, 4) is 5.75 Å². The summed E-state index contributed by atoms with van der Waals surface area (Å²) in [6.45, 7) is -0.849. The minimum atomic E-state index is -5.20. The maximum absolute atomic E-state index is 12.5. The number of benzene rings is 4. The molecule has 5 rings (SSSR count). The molecule has 5 aromatic rings. The lowest BCUT2D eigenvalue weighted by Crippen LogP contribution is -2.15. The number of phenols is 1. The summed E-state index contributed by atoms with van der Waals surface area (Å²) in [5.74, 6) is -3.74. The van der Waals surface area contributed by atoms with Crippen LogP contribution in [0.4, 0.5) is 34.6 Å². The number of nitrogens with one attached hydrogen (secondary N) is 2. The largest absolute Gasteiger partial charge is 0.505 e. The molecule has 0 aliphatic rings. The van der Waals surface area contributed by atoms with Crippen LogP contribution in [0.1, 0.15) is 10.4 Å². The number of sulfone groups is 1. The van der Waals surface area contributed by atoms with Crippen LogP contribution in [0.25, 0.3) is 10.8 Å². The molecule has 7 N–H and O–H groups in total. The van der Waals surface area contributed by atoms with Gasteiger partial charge in [0.25, 0.3) is 20.2 Å². The van der Waals surface area contributed by atoms with Crippen LogP contribution in [0, 0.1) is 0 Å². The van der Waals surface area contributed by atoms with E-state index < -0.39 is 96.9 Å². The molecule has 0 fully saturated rings. The Morgan fingerprint density at radius 3 is 1.95 bits per heavy atom. The highest BCUT2D eigenvalue weighted by Gasteiger charge is 2.26. The van der Waals surface area contributed by atoms with E-state index in [-0.39, 0.29) is 38.6 Å². The summed E-state index contributed by atoms with van der Waals surface area (Å²) in [7, 11) is -19.1. The van der Waals surface area contributed by atoms with E-state index in [2.05, 4.69) is 40.0 Å². The maximum atomic E-state index is 12.5. The molecule has 1 aromatic heterocycles. The highest BCUT2D eigenvalue weighted by Crippen LogP contribution is 2.45. The second-order valence-electron chi connectivity index (χ2n) is 10.7. The maximum Gasteiger partial charge on any atom is 0.397 e. The molecule has 4 aromatic carbocycles. The first-order valence-electron chi connectivity index (χ1n) is 14.4. The van der Waals surface area contributed by atoms with Gasteiger partial charge < -0.3 is 20.8 Å². The van der Waals surface area contributed by atoms with E-state index in [4.69, 9.17) is 21.3 Å². The fourth-order valence-electron chi connectivity index (χ4n) is 4.60. The number of azo groups is 1. The molecule has 0 unspecified atom stereocenters. The molecule has 0 amide bonds. The van der Waals surface area contributed by atoms with Gasteiger partial charge in [-0.3, -0.25) is 13.7 Å². The number of hydrogen-bond acceptors (Lipinski definition) is 18. The van der Waals surface area contributed by atoms with Crippen molar-refractivity contribution in [2.75, 3.05) is 23.0 Å². The van der Waals surface area contributed by atoms with Crippen LogP contribution in [0.2, 0.25) is 5.28 Å². The SMILES string of the molecule is O=C(O)c1ccc(N=Nc2c(S(=O)(=O)O)cc3cc(S(=O)(=O)O)cc(Nc4nc(Cl)nc(Nc5ccc(S(=O)(=O)CCOS(=O)(=O)O)cc5)n4)c3c2O)cc1. The van der Waals surface area contributed by atoms with Gasteiger partial charge >= 0.3 is 16.4 Å². The lowest BCUT2D eigenvalue weighted by molar-refractivity contribution is 0.0696. The Bertz CT molecular complexity index is 2830. The number of rotatable bonds is 14. The number of nitrogens with zero attached hydrogens (tertiary/aromatic N) is 5. The van der Waals surface area contributed by atoms with Crippen molar-refractivity contribution in [2.24, 2.45) is 10.2 Å². The third-order valence-electron chi connectivity index (χ3n) is 6.99. The third-order valence-corrected chi connectivity index (χ3v) is 11.0. The molecule has 0 radical (unpaired) electrons. The second-order valence-corrected chi connectivity index (χ2v) is 17.1. The van der Waals surface area contributed by atoms with Crippen molar-refractivity contribution in [3.05, 3.63) is 77.6 Å². The number of carboxylic acid groups (broad SMARTS) is 1. The van der Waals surface area contributed by atoms with Gasteiger partial charge in [0, 0.05) is 11.1 Å². The molecule has 290 valence electrons. The molecule has 0 aliphatic heterocycles. The summed E-state index contributed by atoms with van der Waals surface area (Å²) in [5.41, 5.74) is -1.17. The number of fused-ring (bicyclic) bond motifs is 1. The standard InChI is InChI=1S/C28H22ClN7O15S4/c29-26-32-27(30-16-5-7-18(8-6-16)52(40,41)10-9-51-55(48,49)50)34-28(33-26)31-20-13-19(53(42,43)44)11-15-12-21(54(45,46)47)23(24(37)22(15)20)36-35-17-3-1-14(2-4-17)25(38)39/h1-8,11-13,37H,9-10H2,(H,38,39)(H,42,43,44)(H,45,46,47)(H,48,49,50)(H2,30,31,32,33,34). The Hall–Kier alpha value is -5.45. The third kappa shape index (κ3) is 10.2. The van der Waals surface area contributed by atoms with Crippen LogP contribution in [0.3, 0.4) is 0 Å². The lowest BCUT2D eigenvalue weighted by atomic mass is 10.1. The van der Waals surface area contributed by atoms with Gasteiger partial charge in [0.05, 0.1) is 39.1 Å². The number of hydrogen-bond donors (Lipinski definition) is 7. The topological polar surface area (TPSA) is 351 Å². The average molecular weight is 860 g/mol. The number of anilines is 4. The van der Waals surface area contributed by atoms with Crippen molar-refractivity contribution in [1.82, 2.24) is 15.0 Å². The smallest absolute Gasteiger partial charge is 0.397 e.